The summed E-state index contributed by atoms with van der Waals surface area (Å²) in [6.07, 6.45) is 115. The topological polar surface area (TPSA) is 108 Å². The lowest BCUT2D eigenvalue weighted by molar-refractivity contribution is -0.870. The molecule has 0 rings (SSSR count). The van der Waals surface area contributed by atoms with Gasteiger partial charge in [-0.3, -0.25) is 18.6 Å². The van der Waals surface area contributed by atoms with E-state index in [1.54, 1.807) is 0 Å². The Morgan fingerprint density at radius 3 is 0.833 bits per heavy atom. The molecule has 0 aliphatic heterocycles. The number of esters is 2. The van der Waals surface area contributed by atoms with Crippen molar-refractivity contribution in [2.45, 2.75) is 444 Å². The van der Waals surface area contributed by atoms with Crippen LogP contribution in [0.25, 0.3) is 0 Å². The van der Waals surface area contributed by atoms with Gasteiger partial charge in [0.05, 0.1) is 27.7 Å². The highest BCUT2D eigenvalue weighted by molar-refractivity contribution is 7.47. The lowest BCUT2D eigenvalue weighted by atomic mass is 10.0. The first-order valence-corrected chi connectivity index (χ1v) is 45.8. The summed E-state index contributed by atoms with van der Waals surface area (Å²) in [6, 6.07) is 0. The summed E-state index contributed by atoms with van der Waals surface area (Å²) in [6.45, 7) is 4.38. The van der Waals surface area contributed by atoms with E-state index in [2.05, 4.69) is 98.9 Å². The molecule has 0 aromatic rings. The number of nitrogens with zero attached hydrogens (tertiary/aromatic N) is 1. The van der Waals surface area contributed by atoms with Gasteiger partial charge in [-0.2, -0.15) is 0 Å². The molecule has 596 valence electrons. The monoisotopic (exact) mass is 1450 g/mol. The van der Waals surface area contributed by atoms with Gasteiger partial charge in [0.1, 0.15) is 19.8 Å². The number of phosphoric ester groups is 1. The zero-order valence-electron chi connectivity index (χ0n) is 68.4. The van der Waals surface area contributed by atoms with Gasteiger partial charge in [0, 0.05) is 12.8 Å². The van der Waals surface area contributed by atoms with Crippen molar-refractivity contribution in [2.24, 2.45) is 0 Å². The smallest absolute Gasteiger partial charge is 0.462 e. The molecule has 10 heteroatoms. The Kier molecular flexibility index (Phi) is 80.0. The fourth-order valence-electron chi connectivity index (χ4n) is 13.2. The molecule has 0 amide bonds. The third-order valence-electron chi connectivity index (χ3n) is 19.9. The van der Waals surface area contributed by atoms with Gasteiger partial charge in [-0.1, -0.05) is 420 Å². The zero-order valence-corrected chi connectivity index (χ0v) is 69.3. The number of rotatable bonds is 83. The summed E-state index contributed by atoms with van der Waals surface area (Å²) in [5.74, 6) is -0.772. The number of carbonyl (C=O) groups is 2. The molecule has 0 fully saturated rings. The molecule has 0 radical (unpaired) electrons. The first-order valence-electron chi connectivity index (χ1n) is 44.3. The molecule has 0 aromatic carbocycles. The van der Waals surface area contributed by atoms with Gasteiger partial charge in [0.2, 0.25) is 0 Å². The summed E-state index contributed by atoms with van der Waals surface area (Å²) in [4.78, 5) is 36.1. The standard InChI is InChI=1S/C92H170NO8P/c1-6-8-10-12-14-16-18-20-22-24-26-28-30-32-34-36-38-40-42-44-46-48-50-52-54-56-58-60-62-64-66-68-70-72-74-76-78-80-82-84-91(94)98-88-90(89-100-102(96,97)99-87-86-93(3,4)5)101-92(95)85-83-81-79-77-75-73-71-69-67-65-63-61-59-57-55-53-51-49-47-45-43-41-39-37-35-33-31-29-27-25-23-21-19-17-15-13-11-9-7-2/h9,11,15,17-18,20-21,23-24,26-27,29-30,32,90H,6-8,10,12-14,16,19,22,25,28,31,33-89H2,1-5H3/p+1/b11-9-,17-15-,20-18-,23-21-,26-24-,29-27-,32-30-. The van der Waals surface area contributed by atoms with Crippen molar-refractivity contribution in [1.82, 2.24) is 0 Å². The molecule has 0 bridgehead atoms. The van der Waals surface area contributed by atoms with Crippen LogP contribution < -0.4 is 0 Å². The van der Waals surface area contributed by atoms with E-state index in [0.29, 0.717) is 23.9 Å². The van der Waals surface area contributed by atoms with Crippen molar-refractivity contribution in [3.05, 3.63) is 85.1 Å². The number of phosphoric acid groups is 1. The normalized spacial score (nSPS) is 13.4. The van der Waals surface area contributed by atoms with Crippen molar-refractivity contribution in [3.8, 4) is 0 Å². The van der Waals surface area contributed by atoms with Gasteiger partial charge < -0.3 is 18.9 Å². The minimum atomic E-state index is -4.40. The van der Waals surface area contributed by atoms with Gasteiger partial charge in [-0.15, -0.1) is 0 Å². The van der Waals surface area contributed by atoms with Crippen LogP contribution in [0.4, 0.5) is 0 Å². The number of hydrogen-bond acceptors (Lipinski definition) is 7. The van der Waals surface area contributed by atoms with Crippen LogP contribution in [0.3, 0.4) is 0 Å². The first kappa shape index (κ1) is 99.2. The second kappa shape index (κ2) is 82.3. The maximum Gasteiger partial charge on any atom is 0.472 e. The van der Waals surface area contributed by atoms with Crippen LogP contribution >= 0.6 is 7.82 Å². The third kappa shape index (κ3) is 86.1. The second-order valence-corrected chi connectivity index (χ2v) is 32.7. The number of carbonyl (C=O) groups excluding carboxylic acids is 2. The molecule has 0 aliphatic rings. The fraction of sp³-hybridized carbons (Fsp3) is 0.826. The average molecular weight is 1450 g/mol. The molecule has 0 spiro atoms. The molecular formula is C92H171NO8P+. The first-order chi connectivity index (χ1) is 50.0. The Bertz CT molecular complexity index is 2000. The van der Waals surface area contributed by atoms with E-state index in [9.17, 15) is 19.0 Å². The zero-order chi connectivity index (χ0) is 74.0. The van der Waals surface area contributed by atoms with E-state index >= 15 is 0 Å². The summed E-state index contributed by atoms with van der Waals surface area (Å²) in [5, 5.41) is 0. The highest BCUT2D eigenvalue weighted by Gasteiger charge is 2.27. The molecule has 9 nitrogen and oxygen atoms in total. The average Bonchev–Trinajstić information content (AvgIpc) is 0.914. The highest BCUT2D eigenvalue weighted by atomic mass is 31.2. The second-order valence-electron chi connectivity index (χ2n) is 31.3. The Morgan fingerprint density at radius 1 is 0.314 bits per heavy atom. The van der Waals surface area contributed by atoms with Gasteiger partial charge in [-0.25, -0.2) is 4.57 Å². The van der Waals surface area contributed by atoms with E-state index in [4.69, 9.17) is 18.5 Å². The minimum absolute atomic E-state index is 0.0337. The molecule has 0 saturated heterocycles. The quantitative estimate of drug-likeness (QED) is 0.0211. The predicted molar refractivity (Wildman–Crippen MR) is 446 cm³/mol. The number of ether oxygens (including phenoxy) is 2. The van der Waals surface area contributed by atoms with Crippen LogP contribution in [-0.2, 0) is 32.7 Å². The van der Waals surface area contributed by atoms with E-state index in [1.165, 1.54) is 334 Å². The lowest BCUT2D eigenvalue weighted by Crippen LogP contribution is -2.37. The van der Waals surface area contributed by atoms with E-state index in [1.807, 2.05) is 21.1 Å². The van der Waals surface area contributed by atoms with Gasteiger partial charge >= 0.3 is 19.8 Å². The van der Waals surface area contributed by atoms with Crippen LogP contribution in [0.1, 0.15) is 438 Å². The Balaban J connectivity index is 3.86. The summed E-state index contributed by atoms with van der Waals surface area (Å²) in [5.41, 5.74) is 0. The molecule has 0 aromatic heterocycles. The van der Waals surface area contributed by atoms with Crippen molar-refractivity contribution in [1.29, 1.82) is 0 Å². The van der Waals surface area contributed by atoms with Crippen molar-refractivity contribution < 1.29 is 42.1 Å². The van der Waals surface area contributed by atoms with Crippen LogP contribution in [0.15, 0.2) is 85.1 Å². The molecule has 1 N–H and O–H groups in total. The van der Waals surface area contributed by atoms with Gasteiger partial charge in [0.25, 0.3) is 0 Å². The summed E-state index contributed by atoms with van der Waals surface area (Å²) in [7, 11) is 1.50. The van der Waals surface area contributed by atoms with Crippen LogP contribution in [-0.4, -0.2) is 74.9 Å². The molecule has 102 heavy (non-hydrogen) atoms. The van der Waals surface area contributed by atoms with Crippen LogP contribution in [0.5, 0.6) is 0 Å². The minimum Gasteiger partial charge on any atom is -0.462 e. The van der Waals surface area contributed by atoms with Crippen molar-refractivity contribution >= 4 is 19.8 Å². The number of likely N-dealkylation sites (N-methyl/N-ethyl adjacent to an activating group) is 1. The Hall–Kier alpha value is -2.81. The maximum absolute atomic E-state index is 12.9. The largest absolute Gasteiger partial charge is 0.472 e. The van der Waals surface area contributed by atoms with E-state index in [-0.39, 0.29) is 25.6 Å². The predicted octanol–water partition coefficient (Wildman–Crippen LogP) is 30.0. The number of unbranched alkanes of at least 4 members (excludes halogenated alkanes) is 55. The Labute approximate surface area is 634 Å². The third-order valence-corrected chi connectivity index (χ3v) is 20.9. The number of quaternary nitrogens is 1. The van der Waals surface area contributed by atoms with Crippen LogP contribution in [0, 0.1) is 0 Å². The van der Waals surface area contributed by atoms with E-state index < -0.39 is 26.5 Å². The number of hydrogen-bond donors (Lipinski definition) is 1. The molecule has 0 saturated carbocycles. The van der Waals surface area contributed by atoms with Gasteiger partial charge in [0.15, 0.2) is 6.10 Å². The molecule has 0 heterocycles. The number of allylic oxidation sites excluding steroid dienone is 14. The summed E-state index contributed by atoms with van der Waals surface area (Å²) >= 11 is 0. The van der Waals surface area contributed by atoms with Gasteiger partial charge in [-0.05, 0) is 89.9 Å². The highest BCUT2D eigenvalue weighted by Crippen LogP contribution is 2.43. The molecule has 0 aliphatic carbocycles. The van der Waals surface area contributed by atoms with Crippen molar-refractivity contribution in [2.75, 3.05) is 47.5 Å². The van der Waals surface area contributed by atoms with Crippen LogP contribution in [0.2, 0.25) is 0 Å². The molecular weight excluding hydrogens is 1280 g/mol. The SMILES string of the molecule is CC/C=C\C/C=C\C/C=C\C/C=C\CCCCCCCCCCCCCCCCCCCCCCCCCCCCC(=O)OC(COC(=O)CCCCCCCCCCCCCCCCCCCCCCCCCC/C=C\C/C=C\C/C=C\CCCCCCC)COP(=O)(O)OCC[N+](C)(C)C. The maximum atomic E-state index is 12.9. The lowest BCUT2D eigenvalue weighted by Gasteiger charge is -2.24. The fourth-order valence-corrected chi connectivity index (χ4v) is 13.9. The Morgan fingerprint density at radius 2 is 0.559 bits per heavy atom. The summed E-state index contributed by atoms with van der Waals surface area (Å²) < 4.78 is 34.9. The molecule has 2 unspecified atom stereocenters. The van der Waals surface area contributed by atoms with E-state index in [0.717, 1.165) is 70.6 Å². The van der Waals surface area contributed by atoms with Crippen molar-refractivity contribution in [3.63, 3.8) is 0 Å². The molecule has 2 atom stereocenters.